The van der Waals surface area contributed by atoms with Crippen LogP contribution in [0.2, 0.25) is 0 Å². The van der Waals surface area contributed by atoms with Crippen molar-refractivity contribution in [3.05, 3.63) is 54.6 Å². The number of hydrogen-bond donors (Lipinski definition) is 0. The van der Waals surface area contributed by atoms with Crippen LogP contribution < -0.4 is 4.74 Å². The number of ether oxygens (including phenoxy) is 1. The molecule has 0 fully saturated rings. The van der Waals surface area contributed by atoms with Crippen LogP contribution in [0.1, 0.15) is 12.8 Å². The van der Waals surface area contributed by atoms with Crippen LogP contribution in [-0.2, 0) is 0 Å². The average Bonchev–Trinajstić information content (AvgIpc) is 2.45. The second-order valence-corrected chi connectivity index (χ2v) is 4.51. The monoisotopic (exact) mass is 260 g/mol. The molecule has 0 aliphatic carbocycles. The normalized spacial score (nSPS) is 10.3. The Balaban J connectivity index is 1.94. The van der Waals surface area contributed by atoms with E-state index in [4.69, 9.17) is 16.3 Å². The molecule has 18 heavy (non-hydrogen) atoms. The fourth-order valence-corrected chi connectivity index (χ4v) is 1.95. The van der Waals surface area contributed by atoms with Gasteiger partial charge in [0.05, 0.1) is 6.61 Å². The quantitative estimate of drug-likeness (QED) is 0.538. The zero-order valence-corrected chi connectivity index (χ0v) is 11.1. The summed E-state index contributed by atoms with van der Waals surface area (Å²) in [5, 5.41) is 0. The Morgan fingerprint density at radius 2 is 1.44 bits per heavy atom. The molecular formula is C16H17ClO. The zero-order chi connectivity index (χ0) is 12.6. The lowest BCUT2D eigenvalue weighted by Gasteiger charge is -2.07. The van der Waals surface area contributed by atoms with Gasteiger partial charge in [-0.2, -0.15) is 0 Å². The van der Waals surface area contributed by atoms with E-state index >= 15 is 0 Å². The molecule has 0 aromatic heterocycles. The van der Waals surface area contributed by atoms with Crippen molar-refractivity contribution in [1.29, 1.82) is 0 Å². The SMILES string of the molecule is ClCCCCOc1ccc(-c2ccccc2)cc1. The molecule has 0 heterocycles. The van der Waals surface area contributed by atoms with Gasteiger partial charge < -0.3 is 4.74 Å². The maximum Gasteiger partial charge on any atom is 0.119 e. The molecule has 0 spiro atoms. The Morgan fingerprint density at radius 1 is 0.778 bits per heavy atom. The Bertz CT molecular complexity index is 450. The smallest absolute Gasteiger partial charge is 0.119 e. The lowest BCUT2D eigenvalue weighted by Crippen LogP contribution is -1.97. The van der Waals surface area contributed by atoms with Crippen LogP contribution in [-0.4, -0.2) is 12.5 Å². The predicted octanol–water partition coefficient (Wildman–Crippen LogP) is 4.75. The van der Waals surface area contributed by atoms with Gasteiger partial charge in [0.25, 0.3) is 0 Å². The van der Waals surface area contributed by atoms with Gasteiger partial charge in [0.15, 0.2) is 0 Å². The molecule has 0 unspecified atom stereocenters. The van der Waals surface area contributed by atoms with Crippen LogP contribution in [0.3, 0.4) is 0 Å². The average molecular weight is 261 g/mol. The molecule has 2 heteroatoms. The molecule has 0 bridgehead atoms. The maximum absolute atomic E-state index is 5.64. The van der Waals surface area contributed by atoms with E-state index in [1.165, 1.54) is 11.1 Å². The van der Waals surface area contributed by atoms with E-state index < -0.39 is 0 Å². The van der Waals surface area contributed by atoms with Crippen molar-refractivity contribution in [2.45, 2.75) is 12.8 Å². The molecule has 0 saturated carbocycles. The largest absolute Gasteiger partial charge is 0.494 e. The first-order valence-corrected chi connectivity index (χ1v) is 6.78. The minimum absolute atomic E-state index is 0.705. The summed E-state index contributed by atoms with van der Waals surface area (Å²) in [5.74, 6) is 1.63. The van der Waals surface area contributed by atoms with E-state index in [1.807, 2.05) is 30.3 Å². The summed E-state index contributed by atoms with van der Waals surface area (Å²) in [7, 11) is 0. The lowest BCUT2D eigenvalue weighted by atomic mass is 10.1. The molecule has 2 aromatic rings. The summed E-state index contributed by atoms with van der Waals surface area (Å²) in [5.41, 5.74) is 2.44. The molecule has 0 amide bonds. The van der Waals surface area contributed by atoms with Crippen LogP contribution in [0.15, 0.2) is 54.6 Å². The van der Waals surface area contributed by atoms with Gasteiger partial charge in [-0.15, -0.1) is 11.6 Å². The molecule has 0 radical (unpaired) electrons. The van der Waals surface area contributed by atoms with E-state index in [1.54, 1.807) is 0 Å². The number of rotatable bonds is 6. The molecule has 0 aliphatic rings. The summed E-state index contributed by atoms with van der Waals surface area (Å²) in [4.78, 5) is 0. The Kier molecular flexibility index (Phi) is 5.10. The van der Waals surface area contributed by atoms with Crippen LogP contribution in [0.4, 0.5) is 0 Å². The van der Waals surface area contributed by atoms with E-state index in [0.29, 0.717) is 5.88 Å². The summed E-state index contributed by atoms with van der Waals surface area (Å²) in [6.07, 6.45) is 2.01. The van der Waals surface area contributed by atoms with Crippen molar-refractivity contribution >= 4 is 11.6 Å². The van der Waals surface area contributed by atoms with Gasteiger partial charge in [-0.3, -0.25) is 0 Å². The number of halogens is 1. The van der Waals surface area contributed by atoms with Crippen LogP contribution >= 0.6 is 11.6 Å². The topological polar surface area (TPSA) is 9.23 Å². The summed E-state index contributed by atoms with van der Waals surface area (Å²) in [6, 6.07) is 18.5. The van der Waals surface area contributed by atoms with E-state index in [9.17, 15) is 0 Å². The number of alkyl halides is 1. The highest BCUT2D eigenvalue weighted by molar-refractivity contribution is 6.17. The predicted molar refractivity (Wildman–Crippen MR) is 77.3 cm³/mol. The van der Waals surface area contributed by atoms with Crippen molar-refractivity contribution in [3.63, 3.8) is 0 Å². The third kappa shape index (κ3) is 3.78. The zero-order valence-electron chi connectivity index (χ0n) is 10.3. The molecule has 2 rings (SSSR count). The second kappa shape index (κ2) is 7.07. The Hall–Kier alpha value is -1.47. The van der Waals surface area contributed by atoms with Crippen molar-refractivity contribution in [3.8, 4) is 16.9 Å². The van der Waals surface area contributed by atoms with Gasteiger partial charge in [-0.25, -0.2) is 0 Å². The molecule has 0 N–H and O–H groups in total. The van der Waals surface area contributed by atoms with Gasteiger partial charge in [0.2, 0.25) is 0 Å². The van der Waals surface area contributed by atoms with Gasteiger partial charge in [0.1, 0.15) is 5.75 Å². The van der Waals surface area contributed by atoms with Crippen LogP contribution in [0.25, 0.3) is 11.1 Å². The van der Waals surface area contributed by atoms with Gasteiger partial charge in [-0.1, -0.05) is 42.5 Å². The maximum atomic E-state index is 5.64. The first kappa shape index (κ1) is 13.0. The van der Waals surface area contributed by atoms with Gasteiger partial charge in [-0.05, 0) is 36.1 Å². The molecule has 0 atom stereocenters. The number of hydrogen-bond acceptors (Lipinski definition) is 1. The van der Waals surface area contributed by atoms with E-state index in [-0.39, 0.29) is 0 Å². The molecule has 0 saturated heterocycles. The Morgan fingerprint density at radius 3 is 2.11 bits per heavy atom. The van der Waals surface area contributed by atoms with Crippen LogP contribution in [0.5, 0.6) is 5.75 Å². The third-order valence-corrected chi connectivity index (χ3v) is 3.03. The van der Waals surface area contributed by atoms with Crippen molar-refractivity contribution in [2.75, 3.05) is 12.5 Å². The minimum Gasteiger partial charge on any atom is -0.494 e. The first-order valence-electron chi connectivity index (χ1n) is 6.24. The third-order valence-electron chi connectivity index (χ3n) is 2.76. The van der Waals surface area contributed by atoms with E-state index in [2.05, 4.69) is 24.3 Å². The fourth-order valence-electron chi connectivity index (χ4n) is 1.76. The molecule has 2 aromatic carbocycles. The lowest BCUT2D eigenvalue weighted by molar-refractivity contribution is 0.310. The number of unbranched alkanes of at least 4 members (excludes halogenated alkanes) is 1. The highest BCUT2D eigenvalue weighted by Gasteiger charge is 1.97. The molecule has 1 nitrogen and oxygen atoms in total. The molecular weight excluding hydrogens is 244 g/mol. The number of benzene rings is 2. The molecule has 0 aliphatic heterocycles. The van der Waals surface area contributed by atoms with Gasteiger partial charge in [0, 0.05) is 5.88 Å². The standard InChI is InChI=1S/C16H17ClO/c17-12-4-5-13-18-16-10-8-15(9-11-16)14-6-2-1-3-7-14/h1-3,6-11H,4-5,12-13H2. The summed E-state index contributed by atoms with van der Waals surface area (Å²) in [6.45, 7) is 0.734. The summed E-state index contributed by atoms with van der Waals surface area (Å²) < 4.78 is 5.64. The Labute approximate surface area is 113 Å². The highest BCUT2D eigenvalue weighted by Crippen LogP contribution is 2.22. The van der Waals surface area contributed by atoms with Crippen molar-refractivity contribution < 1.29 is 4.74 Å². The second-order valence-electron chi connectivity index (χ2n) is 4.13. The fraction of sp³-hybridized carbons (Fsp3) is 0.250. The first-order chi connectivity index (χ1) is 8.90. The molecule has 94 valence electrons. The van der Waals surface area contributed by atoms with Gasteiger partial charge >= 0.3 is 0 Å². The van der Waals surface area contributed by atoms with E-state index in [0.717, 1.165) is 25.2 Å². The van der Waals surface area contributed by atoms with Crippen LogP contribution in [0, 0.1) is 0 Å². The minimum atomic E-state index is 0.705. The van der Waals surface area contributed by atoms with Crippen molar-refractivity contribution in [2.24, 2.45) is 0 Å². The summed E-state index contributed by atoms with van der Waals surface area (Å²) >= 11 is 5.62. The highest BCUT2D eigenvalue weighted by atomic mass is 35.5. The van der Waals surface area contributed by atoms with Crippen molar-refractivity contribution in [1.82, 2.24) is 0 Å².